The zero-order valence-electron chi connectivity index (χ0n) is 15.4. The Bertz CT molecular complexity index is 680. The van der Waals surface area contributed by atoms with Gasteiger partial charge in [-0.05, 0) is 42.9 Å². The van der Waals surface area contributed by atoms with Gasteiger partial charge in [-0.2, -0.15) is 0 Å². The molecule has 0 bridgehead atoms. The molecule has 2 aromatic carbocycles. The number of rotatable bonds is 7. The molecule has 1 aliphatic heterocycles. The summed E-state index contributed by atoms with van der Waals surface area (Å²) in [7, 11) is 0. The lowest BCUT2D eigenvalue weighted by Gasteiger charge is -2.33. The highest BCUT2D eigenvalue weighted by molar-refractivity contribution is 5.90. The molecule has 0 aliphatic carbocycles. The number of para-hydroxylation sites is 1. The first kappa shape index (κ1) is 18.4. The number of amides is 1. The van der Waals surface area contributed by atoms with Crippen molar-refractivity contribution in [3.05, 3.63) is 54.6 Å². The molecule has 5 nitrogen and oxygen atoms in total. The van der Waals surface area contributed by atoms with Gasteiger partial charge in [-0.1, -0.05) is 25.1 Å². The fraction of sp³-hybridized carbons (Fsp3) is 0.381. The van der Waals surface area contributed by atoms with Crippen molar-refractivity contribution in [1.82, 2.24) is 9.80 Å². The van der Waals surface area contributed by atoms with Gasteiger partial charge < -0.3 is 19.9 Å². The molecule has 1 N–H and O–H groups in total. The predicted molar refractivity (Wildman–Crippen MR) is 105 cm³/mol. The van der Waals surface area contributed by atoms with Crippen LogP contribution in [0.25, 0.3) is 0 Å². The molecule has 0 saturated carbocycles. The van der Waals surface area contributed by atoms with Crippen molar-refractivity contribution in [2.75, 3.05) is 44.6 Å². The second-order valence-corrected chi connectivity index (χ2v) is 6.51. The molecule has 0 spiro atoms. The van der Waals surface area contributed by atoms with Crippen LogP contribution in [0.4, 0.5) is 5.69 Å². The van der Waals surface area contributed by atoms with Gasteiger partial charge in [-0.3, -0.25) is 4.79 Å². The number of hydrogen-bond acceptors (Lipinski definition) is 4. The Hall–Kier alpha value is -2.37. The molecular formula is C21H27N3O2. The molecule has 1 saturated heterocycles. The Kier molecular flexibility index (Phi) is 6.63. The first-order chi connectivity index (χ1) is 12.7. The van der Waals surface area contributed by atoms with Crippen molar-refractivity contribution in [2.24, 2.45) is 0 Å². The van der Waals surface area contributed by atoms with Crippen LogP contribution in [0.1, 0.15) is 13.3 Å². The quantitative estimate of drug-likeness (QED) is 0.828. The van der Waals surface area contributed by atoms with E-state index in [1.54, 1.807) is 0 Å². The molecule has 5 heteroatoms. The summed E-state index contributed by atoms with van der Waals surface area (Å²) in [6, 6.07) is 17.1. The normalized spacial score (nSPS) is 15.6. The molecule has 3 rings (SSSR count). The summed E-state index contributed by atoms with van der Waals surface area (Å²) in [5, 5.41) is 2.96. The van der Waals surface area contributed by atoms with Gasteiger partial charge in [0.2, 0.25) is 5.91 Å². The van der Waals surface area contributed by atoms with Gasteiger partial charge in [0.05, 0.1) is 0 Å². The Labute approximate surface area is 155 Å². The van der Waals surface area contributed by atoms with Gasteiger partial charge in [0.1, 0.15) is 11.5 Å². The highest BCUT2D eigenvalue weighted by Gasteiger charge is 2.16. The van der Waals surface area contributed by atoms with Crippen LogP contribution in [-0.2, 0) is 4.79 Å². The maximum Gasteiger partial charge on any atom is 0.225 e. The molecule has 138 valence electrons. The van der Waals surface area contributed by atoms with Crippen LogP contribution < -0.4 is 10.1 Å². The number of ether oxygens (including phenoxy) is 1. The largest absolute Gasteiger partial charge is 0.457 e. The molecule has 1 aliphatic rings. The van der Waals surface area contributed by atoms with Crippen LogP contribution >= 0.6 is 0 Å². The van der Waals surface area contributed by atoms with Gasteiger partial charge in [0, 0.05) is 44.8 Å². The minimum Gasteiger partial charge on any atom is -0.457 e. The minimum absolute atomic E-state index is 0.0552. The molecule has 0 atom stereocenters. The average Bonchev–Trinajstić information content (AvgIpc) is 2.69. The highest BCUT2D eigenvalue weighted by Crippen LogP contribution is 2.22. The zero-order chi connectivity index (χ0) is 18.2. The van der Waals surface area contributed by atoms with Gasteiger partial charge >= 0.3 is 0 Å². The van der Waals surface area contributed by atoms with Crippen LogP contribution in [0.3, 0.4) is 0 Å². The van der Waals surface area contributed by atoms with E-state index in [0.29, 0.717) is 6.42 Å². The third-order valence-electron chi connectivity index (χ3n) is 4.68. The Morgan fingerprint density at radius 2 is 1.54 bits per heavy atom. The van der Waals surface area contributed by atoms with Crippen molar-refractivity contribution < 1.29 is 9.53 Å². The van der Waals surface area contributed by atoms with E-state index < -0.39 is 0 Å². The summed E-state index contributed by atoms with van der Waals surface area (Å²) < 4.78 is 5.76. The smallest absolute Gasteiger partial charge is 0.225 e. The van der Waals surface area contributed by atoms with Crippen molar-refractivity contribution >= 4 is 11.6 Å². The SMILES string of the molecule is CCN1CCN(CCC(=O)Nc2ccc(Oc3ccccc3)cc2)CC1. The molecule has 0 radical (unpaired) electrons. The fourth-order valence-electron chi connectivity index (χ4n) is 3.04. The predicted octanol–water partition coefficient (Wildman–Crippen LogP) is 3.45. The van der Waals surface area contributed by atoms with E-state index in [1.807, 2.05) is 54.6 Å². The molecule has 0 unspecified atom stereocenters. The summed E-state index contributed by atoms with van der Waals surface area (Å²) in [4.78, 5) is 17.0. The third-order valence-corrected chi connectivity index (χ3v) is 4.68. The van der Waals surface area contributed by atoms with Crippen molar-refractivity contribution in [3.8, 4) is 11.5 Å². The van der Waals surface area contributed by atoms with Crippen LogP contribution in [0.2, 0.25) is 0 Å². The average molecular weight is 353 g/mol. The van der Waals surface area contributed by atoms with E-state index in [9.17, 15) is 4.79 Å². The summed E-state index contributed by atoms with van der Waals surface area (Å²) in [5.74, 6) is 1.61. The maximum atomic E-state index is 12.2. The number of hydrogen-bond donors (Lipinski definition) is 1. The first-order valence-electron chi connectivity index (χ1n) is 9.30. The van der Waals surface area contributed by atoms with Gasteiger partial charge in [-0.15, -0.1) is 0 Å². The first-order valence-corrected chi connectivity index (χ1v) is 9.30. The third kappa shape index (κ3) is 5.58. The monoisotopic (exact) mass is 353 g/mol. The second kappa shape index (κ2) is 9.36. The standard InChI is InChI=1S/C21H27N3O2/c1-2-23-14-16-24(17-15-23)13-12-21(25)22-18-8-10-20(11-9-18)26-19-6-4-3-5-7-19/h3-11H,2,12-17H2,1H3,(H,22,25). The number of likely N-dealkylation sites (N-methyl/N-ethyl adjacent to an activating group) is 1. The second-order valence-electron chi connectivity index (χ2n) is 6.51. The number of piperazine rings is 1. The van der Waals surface area contributed by atoms with E-state index in [4.69, 9.17) is 4.74 Å². The van der Waals surface area contributed by atoms with Crippen molar-refractivity contribution in [2.45, 2.75) is 13.3 Å². The lowest BCUT2D eigenvalue weighted by molar-refractivity contribution is -0.116. The Morgan fingerprint density at radius 3 is 2.19 bits per heavy atom. The molecule has 1 heterocycles. The lowest BCUT2D eigenvalue weighted by atomic mass is 10.2. The van der Waals surface area contributed by atoms with Gasteiger partial charge in [-0.25, -0.2) is 0 Å². The van der Waals surface area contributed by atoms with Gasteiger partial charge in [0.15, 0.2) is 0 Å². The number of nitrogens with zero attached hydrogens (tertiary/aromatic N) is 2. The molecule has 2 aromatic rings. The van der Waals surface area contributed by atoms with Crippen LogP contribution in [0.15, 0.2) is 54.6 Å². The lowest BCUT2D eigenvalue weighted by Crippen LogP contribution is -2.46. The van der Waals surface area contributed by atoms with Crippen molar-refractivity contribution in [3.63, 3.8) is 0 Å². The number of nitrogens with one attached hydrogen (secondary N) is 1. The van der Waals surface area contributed by atoms with E-state index >= 15 is 0 Å². The number of carbonyl (C=O) groups excluding carboxylic acids is 1. The number of anilines is 1. The zero-order valence-corrected chi connectivity index (χ0v) is 15.4. The van der Waals surface area contributed by atoms with E-state index in [2.05, 4.69) is 22.0 Å². The van der Waals surface area contributed by atoms with E-state index in [-0.39, 0.29) is 5.91 Å². The molecule has 1 fully saturated rings. The van der Waals surface area contributed by atoms with Crippen LogP contribution in [0, 0.1) is 0 Å². The van der Waals surface area contributed by atoms with Crippen LogP contribution in [-0.4, -0.2) is 55.0 Å². The Morgan fingerprint density at radius 1 is 0.923 bits per heavy atom. The van der Waals surface area contributed by atoms with E-state index in [1.165, 1.54) is 0 Å². The van der Waals surface area contributed by atoms with Gasteiger partial charge in [0.25, 0.3) is 0 Å². The van der Waals surface area contributed by atoms with Crippen LogP contribution in [0.5, 0.6) is 11.5 Å². The molecular weight excluding hydrogens is 326 g/mol. The summed E-state index contributed by atoms with van der Waals surface area (Å²) in [6.07, 6.45) is 0.522. The highest BCUT2D eigenvalue weighted by atomic mass is 16.5. The fourth-order valence-corrected chi connectivity index (χ4v) is 3.04. The maximum absolute atomic E-state index is 12.2. The van der Waals surface area contributed by atoms with Crippen molar-refractivity contribution in [1.29, 1.82) is 0 Å². The summed E-state index contributed by atoms with van der Waals surface area (Å²) in [6.45, 7) is 8.41. The summed E-state index contributed by atoms with van der Waals surface area (Å²) in [5.41, 5.74) is 0.797. The number of benzene rings is 2. The minimum atomic E-state index is 0.0552. The molecule has 26 heavy (non-hydrogen) atoms. The molecule has 1 amide bonds. The molecule has 0 aromatic heterocycles. The van der Waals surface area contributed by atoms with E-state index in [0.717, 1.165) is 56.5 Å². The summed E-state index contributed by atoms with van der Waals surface area (Å²) >= 11 is 0. The Balaban J connectivity index is 1.41. The topological polar surface area (TPSA) is 44.8 Å². The number of carbonyl (C=O) groups is 1.